The lowest BCUT2D eigenvalue weighted by atomic mass is 9.79. The number of aliphatic carboxylic acids is 1. The van der Waals surface area contributed by atoms with Crippen molar-refractivity contribution in [2.45, 2.75) is 50.5 Å². The summed E-state index contributed by atoms with van der Waals surface area (Å²) in [7, 11) is 0. The normalized spacial score (nSPS) is 16.0. The number of amides is 2. The van der Waals surface area contributed by atoms with Crippen LogP contribution in [0.2, 0.25) is 0 Å². The summed E-state index contributed by atoms with van der Waals surface area (Å²) in [4.78, 5) is 37.3. The monoisotopic (exact) mass is 394 g/mol. The second-order valence-corrected chi connectivity index (χ2v) is 7.73. The first-order valence-corrected chi connectivity index (χ1v) is 9.89. The highest BCUT2D eigenvalue weighted by molar-refractivity contribution is 6.04. The Labute approximate surface area is 170 Å². The first kappa shape index (κ1) is 20.6. The second-order valence-electron chi connectivity index (χ2n) is 7.73. The minimum atomic E-state index is -1.37. The molecule has 0 bridgehead atoms. The molecule has 6 heteroatoms. The third kappa shape index (κ3) is 4.83. The summed E-state index contributed by atoms with van der Waals surface area (Å²) >= 11 is 0. The molecule has 1 aliphatic rings. The Morgan fingerprint density at radius 1 is 1.00 bits per heavy atom. The van der Waals surface area contributed by atoms with E-state index < -0.39 is 17.3 Å². The second kappa shape index (κ2) is 8.90. The molecule has 29 heavy (non-hydrogen) atoms. The molecule has 2 aromatic rings. The van der Waals surface area contributed by atoms with Crippen molar-refractivity contribution in [3.05, 3.63) is 65.7 Å². The molecule has 0 unspecified atom stereocenters. The van der Waals surface area contributed by atoms with Crippen molar-refractivity contribution in [3.63, 3.8) is 0 Å². The van der Waals surface area contributed by atoms with Crippen LogP contribution in [0.3, 0.4) is 0 Å². The average Bonchev–Trinajstić information content (AvgIpc) is 3.21. The smallest absolute Gasteiger partial charge is 0.314 e. The molecule has 2 amide bonds. The molecule has 1 saturated carbocycles. The van der Waals surface area contributed by atoms with Crippen LogP contribution in [0.1, 0.15) is 54.9 Å². The van der Waals surface area contributed by atoms with Gasteiger partial charge in [-0.15, -0.1) is 0 Å². The molecular weight excluding hydrogens is 368 g/mol. The van der Waals surface area contributed by atoms with Gasteiger partial charge in [0.2, 0.25) is 5.91 Å². The SMILES string of the molecule is C[C@](CC(=O)Nc1ccccc1C(=O)NC1CCCC1)(C(=O)O)c1ccccc1. The molecule has 1 fully saturated rings. The lowest BCUT2D eigenvalue weighted by molar-refractivity contribution is -0.145. The molecule has 0 radical (unpaired) electrons. The summed E-state index contributed by atoms with van der Waals surface area (Å²) in [6.07, 6.45) is 3.90. The molecule has 0 spiro atoms. The van der Waals surface area contributed by atoms with Gasteiger partial charge in [-0.25, -0.2) is 0 Å². The summed E-state index contributed by atoms with van der Waals surface area (Å²) in [5.41, 5.74) is -0.0555. The van der Waals surface area contributed by atoms with E-state index in [0.29, 0.717) is 16.8 Å². The van der Waals surface area contributed by atoms with Crippen molar-refractivity contribution in [3.8, 4) is 0 Å². The summed E-state index contributed by atoms with van der Waals surface area (Å²) < 4.78 is 0. The topological polar surface area (TPSA) is 95.5 Å². The first-order chi connectivity index (χ1) is 13.9. The summed E-state index contributed by atoms with van der Waals surface area (Å²) in [5.74, 6) is -1.76. The largest absolute Gasteiger partial charge is 0.481 e. The highest BCUT2D eigenvalue weighted by atomic mass is 16.4. The number of rotatable bonds is 7. The molecular formula is C23H26N2O4. The first-order valence-electron chi connectivity index (χ1n) is 9.89. The Morgan fingerprint density at radius 2 is 1.62 bits per heavy atom. The van der Waals surface area contributed by atoms with Crippen LogP contribution in [0, 0.1) is 0 Å². The Bertz CT molecular complexity index is 891. The van der Waals surface area contributed by atoms with Crippen molar-refractivity contribution >= 4 is 23.5 Å². The van der Waals surface area contributed by atoms with E-state index in [2.05, 4.69) is 10.6 Å². The predicted molar refractivity (Wildman–Crippen MR) is 111 cm³/mol. The predicted octanol–water partition coefficient (Wildman–Crippen LogP) is 3.73. The molecule has 152 valence electrons. The number of anilines is 1. The average molecular weight is 394 g/mol. The van der Waals surface area contributed by atoms with E-state index in [9.17, 15) is 19.5 Å². The van der Waals surface area contributed by atoms with Crippen LogP contribution >= 0.6 is 0 Å². The maximum atomic E-state index is 12.7. The zero-order chi connectivity index (χ0) is 20.9. The molecule has 3 N–H and O–H groups in total. The molecule has 0 aliphatic heterocycles. The number of benzene rings is 2. The fourth-order valence-corrected chi connectivity index (χ4v) is 3.75. The third-order valence-electron chi connectivity index (χ3n) is 5.53. The van der Waals surface area contributed by atoms with E-state index in [-0.39, 0.29) is 18.4 Å². The van der Waals surface area contributed by atoms with Gasteiger partial charge in [0.15, 0.2) is 0 Å². The molecule has 6 nitrogen and oxygen atoms in total. The number of para-hydroxylation sites is 1. The minimum Gasteiger partial charge on any atom is -0.481 e. The van der Waals surface area contributed by atoms with Crippen LogP contribution in [0.4, 0.5) is 5.69 Å². The number of nitrogens with one attached hydrogen (secondary N) is 2. The van der Waals surface area contributed by atoms with Gasteiger partial charge < -0.3 is 15.7 Å². The quantitative estimate of drug-likeness (QED) is 0.667. The molecule has 1 atom stereocenters. The van der Waals surface area contributed by atoms with Gasteiger partial charge in [-0.05, 0) is 37.5 Å². The van der Waals surface area contributed by atoms with E-state index >= 15 is 0 Å². The Balaban J connectivity index is 1.75. The van der Waals surface area contributed by atoms with Crippen LogP contribution in [-0.4, -0.2) is 28.9 Å². The Kier molecular flexibility index (Phi) is 6.32. The van der Waals surface area contributed by atoms with Crippen molar-refractivity contribution in [1.29, 1.82) is 0 Å². The number of hydrogen-bond donors (Lipinski definition) is 3. The third-order valence-corrected chi connectivity index (χ3v) is 5.53. The van der Waals surface area contributed by atoms with Gasteiger partial charge in [0.05, 0.1) is 16.7 Å². The number of carboxylic acids is 1. The summed E-state index contributed by atoms with van der Waals surface area (Å²) in [5, 5.41) is 15.5. The molecule has 1 aliphatic carbocycles. The van der Waals surface area contributed by atoms with Gasteiger partial charge in [0.25, 0.3) is 5.91 Å². The van der Waals surface area contributed by atoms with E-state index in [1.165, 1.54) is 6.92 Å². The maximum Gasteiger partial charge on any atom is 0.314 e. The number of hydrogen-bond acceptors (Lipinski definition) is 3. The Morgan fingerprint density at radius 3 is 2.28 bits per heavy atom. The minimum absolute atomic E-state index is 0.166. The lowest BCUT2D eigenvalue weighted by Gasteiger charge is -2.25. The van der Waals surface area contributed by atoms with Gasteiger partial charge in [0.1, 0.15) is 0 Å². The molecule has 3 rings (SSSR count). The van der Waals surface area contributed by atoms with Crippen LogP contribution < -0.4 is 10.6 Å². The fraction of sp³-hybridized carbons (Fsp3) is 0.348. The number of carbonyl (C=O) groups excluding carboxylic acids is 2. The number of carboxylic acid groups (broad SMARTS) is 1. The van der Waals surface area contributed by atoms with E-state index in [0.717, 1.165) is 25.7 Å². The Hall–Kier alpha value is -3.15. The number of carbonyl (C=O) groups is 3. The van der Waals surface area contributed by atoms with Gasteiger partial charge in [-0.1, -0.05) is 55.3 Å². The van der Waals surface area contributed by atoms with Crippen LogP contribution in [0.15, 0.2) is 54.6 Å². The van der Waals surface area contributed by atoms with Crippen molar-refractivity contribution < 1.29 is 19.5 Å². The molecule has 0 aromatic heterocycles. The summed E-state index contributed by atoms with van der Waals surface area (Å²) in [6, 6.07) is 15.6. The molecule has 0 saturated heterocycles. The molecule has 2 aromatic carbocycles. The molecule has 0 heterocycles. The highest BCUT2D eigenvalue weighted by Crippen LogP contribution is 2.29. The van der Waals surface area contributed by atoms with E-state index in [1.54, 1.807) is 54.6 Å². The van der Waals surface area contributed by atoms with Crippen LogP contribution in [0.25, 0.3) is 0 Å². The van der Waals surface area contributed by atoms with E-state index in [1.807, 2.05) is 0 Å². The highest BCUT2D eigenvalue weighted by Gasteiger charge is 2.37. The van der Waals surface area contributed by atoms with Gasteiger partial charge >= 0.3 is 5.97 Å². The lowest BCUT2D eigenvalue weighted by Crippen LogP contribution is -2.37. The maximum absolute atomic E-state index is 12.7. The van der Waals surface area contributed by atoms with E-state index in [4.69, 9.17) is 0 Å². The van der Waals surface area contributed by atoms with Crippen molar-refractivity contribution in [2.75, 3.05) is 5.32 Å². The van der Waals surface area contributed by atoms with Gasteiger partial charge in [-0.3, -0.25) is 14.4 Å². The zero-order valence-corrected chi connectivity index (χ0v) is 16.5. The van der Waals surface area contributed by atoms with Gasteiger partial charge in [-0.2, -0.15) is 0 Å². The van der Waals surface area contributed by atoms with Crippen molar-refractivity contribution in [2.24, 2.45) is 0 Å². The van der Waals surface area contributed by atoms with Gasteiger partial charge in [0, 0.05) is 12.5 Å². The standard InChI is InChI=1S/C23H26N2O4/c1-23(22(28)29,16-9-3-2-4-10-16)15-20(26)25-19-14-8-7-13-18(19)21(27)24-17-11-5-6-12-17/h2-4,7-10,13-14,17H,5-6,11-12,15H2,1H3,(H,24,27)(H,25,26)(H,28,29)/t23-/m1/s1. The van der Waals surface area contributed by atoms with Crippen LogP contribution in [0.5, 0.6) is 0 Å². The summed E-state index contributed by atoms with van der Waals surface area (Å²) in [6.45, 7) is 1.53. The van der Waals surface area contributed by atoms with Crippen LogP contribution in [-0.2, 0) is 15.0 Å². The fourth-order valence-electron chi connectivity index (χ4n) is 3.75. The zero-order valence-electron chi connectivity index (χ0n) is 16.5. The van der Waals surface area contributed by atoms with Crippen molar-refractivity contribution in [1.82, 2.24) is 5.32 Å².